The molecule has 1 aromatic carbocycles. The van der Waals surface area contributed by atoms with Gasteiger partial charge in [0.05, 0.1) is 6.42 Å². The Morgan fingerprint density at radius 3 is 2.58 bits per heavy atom. The third-order valence-electron chi connectivity index (χ3n) is 4.16. The molecule has 0 spiro atoms. The summed E-state index contributed by atoms with van der Waals surface area (Å²) in [5.41, 5.74) is 3.24. The quantitative estimate of drug-likeness (QED) is 0.587. The van der Waals surface area contributed by atoms with Crippen molar-refractivity contribution >= 4 is 17.7 Å². The van der Waals surface area contributed by atoms with Gasteiger partial charge in [-0.2, -0.15) is 0 Å². The van der Waals surface area contributed by atoms with E-state index >= 15 is 0 Å². The summed E-state index contributed by atoms with van der Waals surface area (Å²) in [6.07, 6.45) is 5.40. The van der Waals surface area contributed by atoms with E-state index < -0.39 is 5.97 Å². The molecule has 0 heterocycles. The van der Waals surface area contributed by atoms with Crippen molar-refractivity contribution in [3.63, 3.8) is 0 Å². The molecule has 0 fully saturated rings. The molecule has 0 unspecified atom stereocenters. The minimum absolute atomic E-state index is 0.00300. The van der Waals surface area contributed by atoms with Crippen molar-refractivity contribution in [2.75, 3.05) is 13.2 Å². The second kappa shape index (κ2) is 9.21. The summed E-state index contributed by atoms with van der Waals surface area (Å²) in [4.78, 5) is 35.2. The SMILES string of the molecule is CCCNC(=O)COC(=O)CCC(=O)c1ccc2c(c1)CCCC2. The van der Waals surface area contributed by atoms with E-state index in [0.717, 1.165) is 25.7 Å². The van der Waals surface area contributed by atoms with E-state index in [9.17, 15) is 14.4 Å². The molecule has 0 bridgehead atoms. The number of hydrogen-bond acceptors (Lipinski definition) is 4. The molecule has 0 aromatic heterocycles. The van der Waals surface area contributed by atoms with E-state index in [1.165, 1.54) is 17.5 Å². The van der Waals surface area contributed by atoms with Crippen molar-refractivity contribution in [1.82, 2.24) is 5.32 Å². The number of carbonyl (C=O) groups excluding carboxylic acids is 3. The van der Waals surface area contributed by atoms with Crippen LogP contribution in [-0.4, -0.2) is 30.8 Å². The van der Waals surface area contributed by atoms with Gasteiger partial charge in [0.1, 0.15) is 0 Å². The fourth-order valence-corrected chi connectivity index (χ4v) is 2.80. The number of ketones is 1. The van der Waals surface area contributed by atoms with Crippen LogP contribution in [0.5, 0.6) is 0 Å². The van der Waals surface area contributed by atoms with Crippen LogP contribution < -0.4 is 5.32 Å². The Kier molecular flexibility index (Phi) is 6.97. The lowest BCUT2D eigenvalue weighted by molar-refractivity contribution is -0.148. The molecule has 1 aromatic rings. The van der Waals surface area contributed by atoms with Gasteiger partial charge in [-0.05, 0) is 49.3 Å². The smallest absolute Gasteiger partial charge is 0.306 e. The van der Waals surface area contributed by atoms with E-state index in [0.29, 0.717) is 12.1 Å². The lowest BCUT2D eigenvalue weighted by atomic mass is 9.89. The van der Waals surface area contributed by atoms with Gasteiger partial charge in [-0.1, -0.05) is 19.1 Å². The predicted octanol–water partition coefficient (Wildman–Crippen LogP) is 2.60. The zero-order chi connectivity index (χ0) is 17.4. The Balaban J connectivity index is 1.76. The molecule has 5 heteroatoms. The van der Waals surface area contributed by atoms with Crippen LogP contribution in [0.25, 0.3) is 0 Å². The number of hydrogen-bond donors (Lipinski definition) is 1. The van der Waals surface area contributed by atoms with Gasteiger partial charge in [0.25, 0.3) is 5.91 Å². The molecule has 1 amide bonds. The molecule has 0 atom stereocenters. The molecule has 2 rings (SSSR count). The van der Waals surface area contributed by atoms with Crippen LogP contribution in [0.3, 0.4) is 0 Å². The van der Waals surface area contributed by atoms with Crippen molar-refractivity contribution in [2.24, 2.45) is 0 Å². The number of esters is 1. The number of nitrogens with one attached hydrogen (secondary N) is 1. The van der Waals surface area contributed by atoms with Crippen LogP contribution in [0.2, 0.25) is 0 Å². The number of fused-ring (bicyclic) bond motifs is 1. The number of benzene rings is 1. The molecular weight excluding hydrogens is 306 g/mol. The van der Waals surface area contributed by atoms with Gasteiger partial charge in [0.2, 0.25) is 0 Å². The van der Waals surface area contributed by atoms with Crippen molar-refractivity contribution in [3.8, 4) is 0 Å². The zero-order valence-corrected chi connectivity index (χ0v) is 14.2. The van der Waals surface area contributed by atoms with Gasteiger partial charge >= 0.3 is 5.97 Å². The normalized spacial score (nSPS) is 13.0. The number of aryl methyl sites for hydroxylation is 2. The Hall–Kier alpha value is -2.17. The first-order valence-corrected chi connectivity index (χ1v) is 8.67. The number of rotatable bonds is 8. The third-order valence-corrected chi connectivity index (χ3v) is 4.16. The maximum Gasteiger partial charge on any atom is 0.306 e. The average molecular weight is 331 g/mol. The molecule has 0 aliphatic heterocycles. The zero-order valence-electron chi connectivity index (χ0n) is 14.2. The highest BCUT2D eigenvalue weighted by atomic mass is 16.5. The minimum atomic E-state index is -0.520. The molecule has 0 saturated heterocycles. The first-order chi connectivity index (χ1) is 11.6. The first-order valence-electron chi connectivity index (χ1n) is 8.67. The minimum Gasteiger partial charge on any atom is -0.456 e. The molecular formula is C19H25NO4. The molecule has 1 N–H and O–H groups in total. The van der Waals surface area contributed by atoms with Gasteiger partial charge in [-0.15, -0.1) is 0 Å². The van der Waals surface area contributed by atoms with Crippen molar-refractivity contribution in [2.45, 2.75) is 51.9 Å². The fourth-order valence-electron chi connectivity index (χ4n) is 2.80. The lowest BCUT2D eigenvalue weighted by Gasteiger charge is -2.16. The van der Waals surface area contributed by atoms with Crippen molar-refractivity contribution in [1.29, 1.82) is 0 Å². The number of ether oxygens (including phenoxy) is 1. The molecule has 24 heavy (non-hydrogen) atoms. The Morgan fingerprint density at radius 2 is 1.83 bits per heavy atom. The highest BCUT2D eigenvalue weighted by molar-refractivity contribution is 5.97. The van der Waals surface area contributed by atoms with Crippen LogP contribution in [0.1, 0.15) is 60.5 Å². The molecule has 1 aliphatic carbocycles. The van der Waals surface area contributed by atoms with Gasteiger partial charge in [0, 0.05) is 18.5 Å². The van der Waals surface area contributed by atoms with E-state index in [1.807, 2.05) is 25.1 Å². The Morgan fingerprint density at radius 1 is 1.08 bits per heavy atom. The third kappa shape index (κ3) is 5.48. The predicted molar refractivity (Wildman–Crippen MR) is 90.9 cm³/mol. The lowest BCUT2D eigenvalue weighted by Crippen LogP contribution is -2.29. The molecule has 0 saturated carbocycles. The maximum atomic E-state index is 12.2. The highest BCUT2D eigenvalue weighted by Crippen LogP contribution is 2.22. The van der Waals surface area contributed by atoms with E-state index in [4.69, 9.17) is 4.74 Å². The summed E-state index contributed by atoms with van der Waals surface area (Å²) in [5.74, 6) is -0.894. The van der Waals surface area contributed by atoms with Crippen LogP contribution in [0.15, 0.2) is 18.2 Å². The van der Waals surface area contributed by atoms with Crippen molar-refractivity contribution < 1.29 is 19.1 Å². The molecule has 1 aliphatic rings. The van der Waals surface area contributed by atoms with Crippen molar-refractivity contribution in [3.05, 3.63) is 34.9 Å². The summed E-state index contributed by atoms with van der Waals surface area (Å²) in [7, 11) is 0. The number of carbonyl (C=O) groups is 3. The van der Waals surface area contributed by atoms with Crippen LogP contribution in [-0.2, 0) is 27.2 Å². The van der Waals surface area contributed by atoms with Crippen LogP contribution in [0.4, 0.5) is 0 Å². The van der Waals surface area contributed by atoms with Gasteiger partial charge < -0.3 is 10.1 Å². The van der Waals surface area contributed by atoms with Gasteiger partial charge in [-0.3, -0.25) is 14.4 Å². The van der Waals surface area contributed by atoms with E-state index in [1.54, 1.807) is 0 Å². The maximum absolute atomic E-state index is 12.2. The van der Waals surface area contributed by atoms with Gasteiger partial charge in [-0.25, -0.2) is 0 Å². The standard InChI is InChI=1S/C19H25NO4/c1-2-11-20-18(22)13-24-19(23)10-9-17(21)16-8-7-14-5-3-4-6-15(14)12-16/h7-8,12H,2-6,9-11,13H2,1H3,(H,20,22). The molecule has 5 nitrogen and oxygen atoms in total. The second-order valence-corrected chi connectivity index (χ2v) is 6.12. The number of Topliss-reactive ketones (excluding diaryl/α,β-unsaturated/α-hetero) is 1. The monoisotopic (exact) mass is 331 g/mol. The Bertz CT molecular complexity index is 609. The average Bonchev–Trinajstić information content (AvgIpc) is 2.62. The summed E-state index contributed by atoms with van der Waals surface area (Å²) in [6.45, 7) is 2.22. The number of amides is 1. The summed E-state index contributed by atoms with van der Waals surface area (Å²) >= 11 is 0. The van der Waals surface area contributed by atoms with E-state index in [2.05, 4.69) is 5.32 Å². The highest BCUT2D eigenvalue weighted by Gasteiger charge is 2.15. The first kappa shape index (κ1) is 18.2. The second-order valence-electron chi connectivity index (χ2n) is 6.12. The summed E-state index contributed by atoms with van der Waals surface area (Å²) in [6, 6.07) is 5.83. The summed E-state index contributed by atoms with van der Waals surface area (Å²) in [5, 5.41) is 2.62. The largest absolute Gasteiger partial charge is 0.456 e. The Labute approximate surface area is 142 Å². The van der Waals surface area contributed by atoms with Crippen LogP contribution >= 0.6 is 0 Å². The van der Waals surface area contributed by atoms with Crippen LogP contribution in [0, 0.1) is 0 Å². The molecule has 0 radical (unpaired) electrons. The van der Waals surface area contributed by atoms with E-state index in [-0.39, 0.29) is 31.1 Å². The molecule has 130 valence electrons. The van der Waals surface area contributed by atoms with Gasteiger partial charge in [0.15, 0.2) is 12.4 Å². The topological polar surface area (TPSA) is 72.5 Å². The fraction of sp³-hybridized carbons (Fsp3) is 0.526. The summed E-state index contributed by atoms with van der Waals surface area (Å²) < 4.78 is 4.87.